The maximum Gasteiger partial charge on any atom is 0.321 e. The van der Waals surface area contributed by atoms with Crippen molar-refractivity contribution in [3.05, 3.63) is 36.8 Å². The Morgan fingerprint density at radius 3 is 2.87 bits per heavy atom. The molecule has 8 nitrogen and oxygen atoms in total. The zero-order chi connectivity index (χ0) is 16.4. The summed E-state index contributed by atoms with van der Waals surface area (Å²) >= 11 is 0. The van der Waals surface area contributed by atoms with Gasteiger partial charge in [-0.05, 0) is 24.6 Å². The molecule has 0 aliphatic carbocycles. The first-order valence-electron chi connectivity index (χ1n) is 7.15. The van der Waals surface area contributed by atoms with Crippen molar-refractivity contribution < 1.29 is 13.2 Å². The van der Waals surface area contributed by atoms with Crippen molar-refractivity contribution in [2.45, 2.75) is 12.5 Å². The summed E-state index contributed by atoms with van der Waals surface area (Å²) in [6, 6.07) is 4.53. The number of carbonyl (C=O) groups is 1. The normalized spacial score (nSPS) is 19.4. The van der Waals surface area contributed by atoms with Gasteiger partial charge in [0.15, 0.2) is 15.7 Å². The number of aromatic nitrogens is 3. The molecule has 2 amide bonds. The molecule has 0 saturated carbocycles. The van der Waals surface area contributed by atoms with Gasteiger partial charge in [-0.1, -0.05) is 0 Å². The molecule has 1 atom stereocenters. The quantitative estimate of drug-likeness (QED) is 0.899. The van der Waals surface area contributed by atoms with Crippen molar-refractivity contribution >= 4 is 21.6 Å². The standard InChI is InChI=1S/C14H17N5O3S/c1-18(11-5-9-23(21,22)10-11)14(20)17-12-4-2-6-15-13(12)19-8-3-7-16-19/h2-4,6-8,11H,5,9-10H2,1H3,(H,17,20). The van der Waals surface area contributed by atoms with E-state index in [0.29, 0.717) is 17.9 Å². The number of hydrogen-bond acceptors (Lipinski definition) is 5. The van der Waals surface area contributed by atoms with E-state index in [2.05, 4.69) is 15.4 Å². The number of pyridine rings is 1. The number of nitrogens with one attached hydrogen (secondary N) is 1. The Morgan fingerprint density at radius 1 is 1.39 bits per heavy atom. The smallest absolute Gasteiger partial charge is 0.321 e. The Bertz CT molecular complexity index is 804. The van der Waals surface area contributed by atoms with Crippen molar-refractivity contribution in [3.8, 4) is 5.82 Å². The minimum absolute atomic E-state index is 0.00989. The number of amides is 2. The van der Waals surface area contributed by atoms with Crippen LogP contribution in [0.3, 0.4) is 0 Å². The maximum absolute atomic E-state index is 12.4. The van der Waals surface area contributed by atoms with Crippen LogP contribution in [-0.4, -0.2) is 58.7 Å². The number of sulfone groups is 1. The first-order chi connectivity index (χ1) is 11.0. The van der Waals surface area contributed by atoms with Gasteiger partial charge in [0.05, 0.1) is 17.2 Å². The molecule has 1 N–H and O–H groups in total. The molecule has 0 spiro atoms. The largest absolute Gasteiger partial charge is 0.324 e. The van der Waals surface area contributed by atoms with Gasteiger partial charge in [-0.3, -0.25) is 0 Å². The van der Waals surface area contributed by atoms with Gasteiger partial charge < -0.3 is 10.2 Å². The van der Waals surface area contributed by atoms with E-state index in [0.717, 1.165) is 0 Å². The van der Waals surface area contributed by atoms with Crippen LogP contribution in [-0.2, 0) is 9.84 Å². The van der Waals surface area contributed by atoms with Gasteiger partial charge in [-0.2, -0.15) is 5.10 Å². The van der Waals surface area contributed by atoms with E-state index in [-0.39, 0.29) is 23.6 Å². The van der Waals surface area contributed by atoms with Gasteiger partial charge in [-0.25, -0.2) is 22.9 Å². The van der Waals surface area contributed by atoms with E-state index in [1.54, 1.807) is 48.5 Å². The zero-order valence-corrected chi connectivity index (χ0v) is 13.4. The lowest BCUT2D eigenvalue weighted by atomic mass is 10.2. The van der Waals surface area contributed by atoms with E-state index in [1.165, 1.54) is 4.90 Å². The third-order valence-corrected chi connectivity index (χ3v) is 5.58. The monoisotopic (exact) mass is 335 g/mol. The first-order valence-corrected chi connectivity index (χ1v) is 8.98. The fourth-order valence-corrected chi connectivity index (χ4v) is 4.30. The number of urea groups is 1. The molecule has 122 valence electrons. The van der Waals surface area contributed by atoms with Crippen molar-refractivity contribution in [1.82, 2.24) is 19.7 Å². The van der Waals surface area contributed by atoms with Crippen LogP contribution in [0.2, 0.25) is 0 Å². The van der Waals surface area contributed by atoms with Crippen LogP contribution >= 0.6 is 0 Å². The number of rotatable bonds is 3. The number of hydrogen-bond donors (Lipinski definition) is 1. The van der Waals surface area contributed by atoms with E-state index in [9.17, 15) is 13.2 Å². The molecule has 2 aromatic heterocycles. The van der Waals surface area contributed by atoms with Crippen molar-refractivity contribution in [3.63, 3.8) is 0 Å². The topological polar surface area (TPSA) is 97.2 Å². The molecular formula is C14H17N5O3S. The van der Waals surface area contributed by atoms with Gasteiger partial charge in [-0.15, -0.1) is 0 Å². The summed E-state index contributed by atoms with van der Waals surface area (Å²) < 4.78 is 24.7. The predicted molar refractivity (Wildman–Crippen MR) is 85.2 cm³/mol. The number of anilines is 1. The predicted octanol–water partition coefficient (Wildman–Crippen LogP) is 0.918. The molecule has 3 heterocycles. The van der Waals surface area contributed by atoms with Crippen LogP contribution < -0.4 is 5.32 Å². The van der Waals surface area contributed by atoms with Crippen LogP contribution in [0.15, 0.2) is 36.8 Å². The molecule has 0 aromatic carbocycles. The lowest BCUT2D eigenvalue weighted by Gasteiger charge is -2.24. The van der Waals surface area contributed by atoms with Gasteiger partial charge in [0.25, 0.3) is 0 Å². The lowest BCUT2D eigenvalue weighted by molar-refractivity contribution is 0.209. The molecule has 1 aliphatic heterocycles. The Kier molecular flexibility index (Phi) is 4.03. The minimum atomic E-state index is -3.04. The number of nitrogens with zero attached hydrogens (tertiary/aromatic N) is 4. The van der Waals surface area contributed by atoms with Gasteiger partial charge in [0.2, 0.25) is 0 Å². The highest BCUT2D eigenvalue weighted by atomic mass is 32.2. The maximum atomic E-state index is 12.4. The summed E-state index contributed by atoms with van der Waals surface area (Å²) in [6.45, 7) is 0. The van der Waals surface area contributed by atoms with Crippen LogP contribution in [0.25, 0.3) is 5.82 Å². The number of carbonyl (C=O) groups excluding carboxylic acids is 1. The van der Waals surface area contributed by atoms with E-state index in [4.69, 9.17) is 0 Å². The molecule has 1 saturated heterocycles. The highest BCUT2D eigenvalue weighted by molar-refractivity contribution is 7.91. The van der Waals surface area contributed by atoms with Gasteiger partial charge >= 0.3 is 6.03 Å². The van der Waals surface area contributed by atoms with Crippen LogP contribution in [0.4, 0.5) is 10.5 Å². The fraction of sp³-hybridized carbons (Fsp3) is 0.357. The highest BCUT2D eigenvalue weighted by Gasteiger charge is 2.32. The molecule has 3 rings (SSSR count). The Hall–Kier alpha value is -2.42. The second kappa shape index (κ2) is 5.99. The molecule has 23 heavy (non-hydrogen) atoms. The third-order valence-electron chi connectivity index (χ3n) is 3.83. The first kappa shape index (κ1) is 15.5. The Labute approximate surface area is 134 Å². The van der Waals surface area contributed by atoms with Gasteiger partial charge in [0.1, 0.15) is 0 Å². The summed E-state index contributed by atoms with van der Waals surface area (Å²) in [6.07, 6.45) is 5.42. The van der Waals surface area contributed by atoms with E-state index < -0.39 is 9.84 Å². The van der Waals surface area contributed by atoms with Crippen molar-refractivity contribution in [2.24, 2.45) is 0 Å². The molecular weight excluding hydrogens is 318 g/mol. The highest BCUT2D eigenvalue weighted by Crippen LogP contribution is 2.20. The lowest BCUT2D eigenvalue weighted by Crippen LogP contribution is -2.40. The second-order valence-corrected chi connectivity index (χ2v) is 7.65. The van der Waals surface area contributed by atoms with E-state index in [1.807, 2.05) is 0 Å². The SMILES string of the molecule is CN(C(=O)Nc1cccnc1-n1cccn1)C1CCS(=O)(=O)C1. The second-order valence-electron chi connectivity index (χ2n) is 5.42. The Balaban J connectivity index is 1.76. The van der Waals surface area contributed by atoms with Crippen LogP contribution in [0.1, 0.15) is 6.42 Å². The summed E-state index contributed by atoms with van der Waals surface area (Å²) in [5, 5.41) is 6.88. The van der Waals surface area contributed by atoms with E-state index >= 15 is 0 Å². The Morgan fingerprint density at radius 2 is 2.22 bits per heavy atom. The average molecular weight is 335 g/mol. The van der Waals surface area contributed by atoms with Crippen molar-refractivity contribution in [1.29, 1.82) is 0 Å². The molecule has 2 aromatic rings. The molecule has 0 bridgehead atoms. The van der Waals surface area contributed by atoms with Gasteiger partial charge in [0, 0.05) is 31.7 Å². The van der Waals surface area contributed by atoms with Crippen molar-refractivity contribution in [2.75, 3.05) is 23.9 Å². The summed E-state index contributed by atoms with van der Waals surface area (Å²) in [4.78, 5) is 18.1. The van der Waals surface area contributed by atoms with Crippen LogP contribution in [0.5, 0.6) is 0 Å². The molecule has 0 radical (unpaired) electrons. The molecule has 1 fully saturated rings. The third kappa shape index (κ3) is 3.34. The molecule has 1 unspecified atom stereocenters. The molecule has 1 aliphatic rings. The average Bonchev–Trinajstić information content (AvgIpc) is 3.16. The fourth-order valence-electron chi connectivity index (χ4n) is 2.52. The minimum Gasteiger partial charge on any atom is -0.324 e. The summed E-state index contributed by atoms with van der Waals surface area (Å²) in [5.74, 6) is 0.634. The summed E-state index contributed by atoms with van der Waals surface area (Å²) in [5.41, 5.74) is 0.508. The zero-order valence-electron chi connectivity index (χ0n) is 12.6. The molecule has 9 heteroatoms. The van der Waals surface area contributed by atoms with Crippen LogP contribution in [0, 0.1) is 0 Å². The summed E-state index contributed by atoms with van der Waals surface area (Å²) in [7, 11) is -1.44.